The topological polar surface area (TPSA) is 92.8 Å². The second-order valence-corrected chi connectivity index (χ2v) is 10.2. The van der Waals surface area contributed by atoms with Crippen molar-refractivity contribution in [2.75, 3.05) is 19.0 Å². The molecule has 0 aliphatic rings. The number of halogens is 1. The average Bonchev–Trinajstić information content (AvgIpc) is 2.80. The monoisotopic (exact) mass is 530 g/mol. The van der Waals surface area contributed by atoms with E-state index in [0.29, 0.717) is 0 Å². The molecule has 0 atom stereocenters. The molecule has 0 aliphatic heterocycles. The fourth-order valence-electron chi connectivity index (χ4n) is 3.11. The first-order valence-corrected chi connectivity index (χ1v) is 12.2. The second-order valence-electron chi connectivity index (χ2n) is 7.30. The number of hydrogen-bond acceptors (Lipinski definition) is 5. The Labute approximate surface area is 201 Å². The number of para-hydroxylation sites is 1. The van der Waals surface area contributed by atoms with Crippen LogP contribution in [0.5, 0.6) is 0 Å². The molecule has 0 fully saturated rings. The number of aryl methyl sites for hydroxylation is 1. The van der Waals surface area contributed by atoms with Crippen molar-refractivity contribution < 1.29 is 22.7 Å². The fraction of sp³-hybridized carbons (Fsp3) is 0.167. The lowest BCUT2D eigenvalue weighted by atomic mass is 10.1. The van der Waals surface area contributed by atoms with Gasteiger partial charge in [-0.3, -0.25) is 4.79 Å². The standard InChI is InChI=1S/C24H23BrN2O5S/c1-17-7-9-18(10-8-17)15-27(33(30,31)20-13-11-19(25)12-14-20)16-23(28)26-22-6-4-3-5-21(22)24(29)32-2/h3-14H,15-16H2,1-2H3,(H,26,28). The molecule has 0 heterocycles. The molecular weight excluding hydrogens is 508 g/mol. The van der Waals surface area contributed by atoms with E-state index in [-0.39, 0.29) is 22.7 Å². The Morgan fingerprint density at radius 2 is 1.61 bits per heavy atom. The molecule has 3 rings (SSSR count). The van der Waals surface area contributed by atoms with E-state index in [4.69, 9.17) is 4.74 Å². The number of nitrogens with one attached hydrogen (secondary N) is 1. The summed E-state index contributed by atoms with van der Waals surface area (Å²) in [5.74, 6) is -1.19. The summed E-state index contributed by atoms with van der Waals surface area (Å²) in [5, 5.41) is 2.63. The zero-order valence-electron chi connectivity index (χ0n) is 18.1. The molecule has 0 bridgehead atoms. The van der Waals surface area contributed by atoms with Gasteiger partial charge in [0.25, 0.3) is 0 Å². The van der Waals surface area contributed by atoms with Gasteiger partial charge in [0.2, 0.25) is 15.9 Å². The predicted molar refractivity (Wildman–Crippen MR) is 129 cm³/mol. The molecule has 172 valence electrons. The Bertz CT molecular complexity index is 1240. The largest absolute Gasteiger partial charge is 0.465 e. The van der Waals surface area contributed by atoms with Gasteiger partial charge in [-0.15, -0.1) is 0 Å². The lowest BCUT2D eigenvalue weighted by Crippen LogP contribution is -2.37. The first-order valence-electron chi connectivity index (χ1n) is 9.99. The SMILES string of the molecule is COC(=O)c1ccccc1NC(=O)CN(Cc1ccc(C)cc1)S(=O)(=O)c1ccc(Br)cc1. The summed E-state index contributed by atoms with van der Waals surface area (Å²) in [6.45, 7) is 1.50. The summed E-state index contributed by atoms with van der Waals surface area (Å²) in [7, 11) is -2.74. The number of sulfonamides is 1. The van der Waals surface area contributed by atoms with Crippen molar-refractivity contribution >= 4 is 43.5 Å². The summed E-state index contributed by atoms with van der Waals surface area (Å²) >= 11 is 3.30. The molecule has 0 aromatic heterocycles. The van der Waals surface area contributed by atoms with Crippen LogP contribution in [0.15, 0.2) is 82.2 Å². The number of benzene rings is 3. The quantitative estimate of drug-likeness (QED) is 0.436. The van der Waals surface area contributed by atoms with Crippen molar-refractivity contribution in [3.8, 4) is 0 Å². The minimum Gasteiger partial charge on any atom is -0.465 e. The van der Waals surface area contributed by atoms with Gasteiger partial charge in [-0.05, 0) is 48.9 Å². The smallest absolute Gasteiger partial charge is 0.339 e. The van der Waals surface area contributed by atoms with E-state index in [2.05, 4.69) is 21.2 Å². The number of nitrogens with zero attached hydrogens (tertiary/aromatic N) is 1. The number of esters is 1. The van der Waals surface area contributed by atoms with E-state index in [0.717, 1.165) is 19.9 Å². The summed E-state index contributed by atoms with van der Waals surface area (Å²) in [6.07, 6.45) is 0. The maximum atomic E-state index is 13.4. The van der Waals surface area contributed by atoms with Crippen molar-refractivity contribution in [1.29, 1.82) is 0 Å². The minimum atomic E-state index is -3.98. The van der Waals surface area contributed by atoms with E-state index in [1.807, 2.05) is 31.2 Å². The molecule has 0 aliphatic carbocycles. The number of methoxy groups -OCH3 is 1. The number of ether oxygens (including phenoxy) is 1. The van der Waals surface area contributed by atoms with Crippen LogP contribution >= 0.6 is 15.9 Å². The third kappa shape index (κ3) is 6.28. The number of amides is 1. The van der Waals surface area contributed by atoms with E-state index >= 15 is 0 Å². The first kappa shape index (κ1) is 24.6. The Morgan fingerprint density at radius 1 is 0.970 bits per heavy atom. The van der Waals surface area contributed by atoms with E-state index in [9.17, 15) is 18.0 Å². The lowest BCUT2D eigenvalue weighted by Gasteiger charge is -2.22. The summed E-state index contributed by atoms with van der Waals surface area (Å²) in [6, 6.07) is 20.0. The van der Waals surface area contributed by atoms with Crippen molar-refractivity contribution in [3.63, 3.8) is 0 Å². The summed E-state index contributed by atoms with van der Waals surface area (Å²) < 4.78 is 33.4. The van der Waals surface area contributed by atoms with Crippen LogP contribution in [0.2, 0.25) is 0 Å². The van der Waals surface area contributed by atoms with Crippen molar-refractivity contribution in [3.05, 3.63) is 94.0 Å². The second kappa shape index (κ2) is 10.7. The van der Waals surface area contributed by atoms with Crippen LogP contribution in [0.1, 0.15) is 21.5 Å². The molecule has 3 aromatic rings. The van der Waals surface area contributed by atoms with Gasteiger partial charge in [-0.2, -0.15) is 4.31 Å². The zero-order chi connectivity index (χ0) is 24.0. The summed E-state index contributed by atoms with van der Waals surface area (Å²) in [5.41, 5.74) is 2.20. The Kier molecular flexibility index (Phi) is 8.01. The molecule has 33 heavy (non-hydrogen) atoms. The van der Waals surface area contributed by atoms with Gasteiger partial charge in [0.1, 0.15) is 0 Å². The third-order valence-corrected chi connectivity index (χ3v) is 7.19. The average molecular weight is 531 g/mol. The van der Waals surface area contributed by atoms with Crippen LogP contribution in [0.4, 0.5) is 5.69 Å². The molecule has 9 heteroatoms. The maximum Gasteiger partial charge on any atom is 0.339 e. The van der Waals surface area contributed by atoms with Gasteiger partial charge in [-0.25, -0.2) is 13.2 Å². The van der Waals surface area contributed by atoms with Crippen LogP contribution in [-0.4, -0.2) is 38.3 Å². The van der Waals surface area contributed by atoms with Gasteiger partial charge in [0.05, 0.1) is 29.8 Å². The fourth-order valence-corrected chi connectivity index (χ4v) is 4.76. The summed E-state index contributed by atoms with van der Waals surface area (Å²) in [4.78, 5) is 25.0. The van der Waals surface area contributed by atoms with E-state index < -0.39 is 28.4 Å². The molecule has 7 nitrogen and oxygen atoms in total. The predicted octanol–water partition coefficient (Wildman–Crippen LogP) is 4.37. The highest BCUT2D eigenvalue weighted by Crippen LogP contribution is 2.22. The van der Waals surface area contributed by atoms with Crippen LogP contribution in [0, 0.1) is 6.92 Å². The maximum absolute atomic E-state index is 13.4. The van der Waals surface area contributed by atoms with E-state index in [1.54, 1.807) is 30.3 Å². The van der Waals surface area contributed by atoms with Crippen molar-refractivity contribution in [1.82, 2.24) is 4.31 Å². The molecular formula is C24H23BrN2O5S. The minimum absolute atomic E-state index is 0.00471. The number of rotatable bonds is 8. The highest BCUT2D eigenvalue weighted by Gasteiger charge is 2.27. The van der Waals surface area contributed by atoms with E-state index in [1.165, 1.54) is 25.3 Å². The molecule has 0 spiro atoms. The van der Waals surface area contributed by atoms with Gasteiger partial charge in [-0.1, -0.05) is 57.9 Å². The normalized spacial score (nSPS) is 11.3. The molecule has 0 radical (unpaired) electrons. The number of anilines is 1. The number of carbonyl (C=O) groups excluding carboxylic acids is 2. The Morgan fingerprint density at radius 3 is 2.24 bits per heavy atom. The van der Waals surface area contributed by atoms with Gasteiger partial charge in [0.15, 0.2) is 0 Å². The molecule has 3 aromatic carbocycles. The van der Waals surface area contributed by atoms with Crippen LogP contribution < -0.4 is 5.32 Å². The number of hydrogen-bond donors (Lipinski definition) is 1. The highest BCUT2D eigenvalue weighted by atomic mass is 79.9. The van der Waals surface area contributed by atoms with Gasteiger partial charge >= 0.3 is 5.97 Å². The number of carbonyl (C=O) groups is 2. The Balaban J connectivity index is 1.89. The van der Waals surface area contributed by atoms with Gasteiger partial charge in [0, 0.05) is 11.0 Å². The third-order valence-electron chi connectivity index (χ3n) is 4.86. The molecule has 1 amide bonds. The lowest BCUT2D eigenvalue weighted by molar-refractivity contribution is -0.116. The molecule has 0 saturated carbocycles. The Hall–Kier alpha value is -3.01. The van der Waals surface area contributed by atoms with Crippen molar-refractivity contribution in [2.45, 2.75) is 18.4 Å². The van der Waals surface area contributed by atoms with Crippen LogP contribution in [0.3, 0.4) is 0 Å². The first-order chi connectivity index (χ1) is 15.7. The molecule has 0 saturated heterocycles. The van der Waals surface area contributed by atoms with Gasteiger partial charge < -0.3 is 10.1 Å². The highest BCUT2D eigenvalue weighted by molar-refractivity contribution is 9.10. The van der Waals surface area contributed by atoms with Crippen LogP contribution in [0.25, 0.3) is 0 Å². The van der Waals surface area contributed by atoms with Crippen LogP contribution in [-0.2, 0) is 26.1 Å². The van der Waals surface area contributed by atoms with Crippen molar-refractivity contribution in [2.24, 2.45) is 0 Å². The molecule has 0 unspecified atom stereocenters. The zero-order valence-corrected chi connectivity index (χ0v) is 20.5. The molecule has 1 N–H and O–H groups in total.